The lowest BCUT2D eigenvalue weighted by Crippen LogP contribution is -2.16. The molecule has 0 aromatic heterocycles. The van der Waals surface area contributed by atoms with Crippen molar-refractivity contribution in [3.8, 4) is 0 Å². The van der Waals surface area contributed by atoms with Crippen LogP contribution in [0.3, 0.4) is 0 Å². The van der Waals surface area contributed by atoms with E-state index in [0.717, 1.165) is 0 Å². The van der Waals surface area contributed by atoms with Gasteiger partial charge in [0.2, 0.25) is 6.29 Å². The summed E-state index contributed by atoms with van der Waals surface area (Å²) < 4.78 is 4.48. The molecule has 0 aliphatic heterocycles. The number of aliphatic hydroxyl groups is 1. The first kappa shape index (κ1) is 19.3. The number of carbonyl (C=O) groups excluding carboxylic acids is 1. The van der Waals surface area contributed by atoms with Crippen LogP contribution in [-0.2, 0) is 9.53 Å². The molecule has 0 radical (unpaired) electrons. The highest BCUT2D eigenvalue weighted by atomic mass is 16.6. The van der Waals surface area contributed by atoms with E-state index in [1.807, 2.05) is 0 Å². The molecule has 120 valence electrons. The monoisotopic (exact) mass is 310 g/mol. The van der Waals surface area contributed by atoms with Crippen molar-refractivity contribution in [2.75, 3.05) is 0 Å². The van der Waals surface area contributed by atoms with Crippen molar-refractivity contribution in [2.45, 2.75) is 26.6 Å². The maximum absolute atomic E-state index is 10.6. The lowest BCUT2D eigenvalue weighted by Gasteiger charge is -2.08. The Morgan fingerprint density at radius 1 is 1.14 bits per heavy atom. The highest BCUT2D eigenvalue weighted by molar-refractivity contribution is 6.01. The lowest BCUT2D eigenvalue weighted by atomic mass is 10.1. The van der Waals surface area contributed by atoms with Gasteiger partial charge in [-0.05, 0) is 19.1 Å². The minimum Gasteiger partial charge on any atom is -0.478 e. The standard InChI is InChI=1S/C8H6O4.C7H12O3/c9-7(10)5-3-1-2-4-6(5)8(11)12;1-4-6(8)10-7(9)5(2)3/h1-4H,(H,9,10)(H,11,12);6,8H,2,4H2,1,3H3. The van der Waals surface area contributed by atoms with Crippen LogP contribution < -0.4 is 0 Å². The molecule has 3 N–H and O–H groups in total. The second kappa shape index (κ2) is 9.30. The van der Waals surface area contributed by atoms with E-state index in [2.05, 4.69) is 11.3 Å². The average molecular weight is 310 g/mol. The first-order valence-electron chi connectivity index (χ1n) is 6.30. The average Bonchev–Trinajstić information content (AvgIpc) is 2.47. The first-order valence-corrected chi connectivity index (χ1v) is 6.30. The third-order valence-corrected chi connectivity index (χ3v) is 2.33. The zero-order valence-electron chi connectivity index (χ0n) is 12.3. The molecule has 1 unspecified atom stereocenters. The van der Waals surface area contributed by atoms with Crippen molar-refractivity contribution in [3.05, 3.63) is 47.5 Å². The highest BCUT2D eigenvalue weighted by Gasteiger charge is 2.13. The molecule has 0 saturated carbocycles. The Balaban J connectivity index is 0.000000409. The largest absolute Gasteiger partial charge is 0.478 e. The van der Waals surface area contributed by atoms with Gasteiger partial charge >= 0.3 is 17.9 Å². The quantitative estimate of drug-likeness (QED) is 0.431. The number of carbonyl (C=O) groups is 3. The van der Waals surface area contributed by atoms with Gasteiger partial charge < -0.3 is 20.1 Å². The third kappa shape index (κ3) is 6.67. The van der Waals surface area contributed by atoms with Crippen LogP contribution in [0.15, 0.2) is 36.4 Å². The van der Waals surface area contributed by atoms with Gasteiger partial charge in [-0.3, -0.25) is 0 Å². The van der Waals surface area contributed by atoms with Gasteiger partial charge in [-0.2, -0.15) is 0 Å². The fourth-order valence-electron chi connectivity index (χ4n) is 1.16. The topological polar surface area (TPSA) is 121 Å². The Bertz CT molecular complexity index is 530. The van der Waals surface area contributed by atoms with Crippen molar-refractivity contribution in [1.29, 1.82) is 0 Å². The number of benzene rings is 1. The highest BCUT2D eigenvalue weighted by Crippen LogP contribution is 2.07. The van der Waals surface area contributed by atoms with E-state index >= 15 is 0 Å². The molecule has 7 heteroatoms. The smallest absolute Gasteiger partial charge is 0.336 e. The zero-order chi connectivity index (χ0) is 17.3. The molecule has 0 heterocycles. The second-order valence-corrected chi connectivity index (χ2v) is 4.20. The van der Waals surface area contributed by atoms with E-state index in [1.54, 1.807) is 6.92 Å². The molecule has 0 saturated heterocycles. The van der Waals surface area contributed by atoms with E-state index in [0.29, 0.717) is 12.0 Å². The van der Waals surface area contributed by atoms with Gasteiger partial charge in [-0.1, -0.05) is 25.6 Å². The summed E-state index contributed by atoms with van der Waals surface area (Å²) in [5, 5.41) is 25.9. The van der Waals surface area contributed by atoms with Gasteiger partial charge in [0.15, 0.2) is 0 Å². The van der Waals surface area contributed by atoms with Crippen LogP contribution in [0.4, 0.5) is 0 Å². The van der Waals surface area contributed by atoms with E-state index in [9.17, 15) is 14.4 Å². The number of aliphatic hydroxyl groups excluding tert-OH is 1. The molecule has 22 heavy (non-hydrogen) atoms. The number of esters is 1. The molecule has 0 amide bonds. The summed E-state index contributed by atoms with van der Waals surface area (Å²) in [6.45, 7) is 6.61. The Morgan fingerprint density at radius 3 is 1.82 bits per heavy atom. The summed E-state index contributed by atoms with van der Waals surface area (Å²) in [5.41, 5.74) is -0.0810. The molecule has 0 spiro atoms. The van der Waals surface area contributed by atoms with Gasteiger partial charge in [0, 0.05) is 12.0 Å². The summed E-state index contributed by atoms with van der Waals surface area (Å²) in [5.74, 6) is -3.00. The number of ether oxygens (including phenoxy) is 1. The van der Waals surface area contributed by atoms with Crippen molar-refractivity contribution in [3.63, 3.8) is 0 Å². The third-order valence-electron chi connectivity index (χ3n) is 2.33. The van der Waals surface area contributed by atoms with Gasteiger partial charge in [0.1, 0.15) is 0 Å². The fraction of sp³-hybridized carbons (Fsp3) is 0.267. The minimum absolute atomic E-state index is 0.190. The molecular formula is C15H18O7. The molecule has 1 rings (SSSR count). The number of carboxylic acid groups (broad SMARTS) is 2. The number of aromatic carboxylic acids is 2. The molecule has 7 nitrogen and oxygen atoms in total. The van der Waals surface area contributed by atoms with Crippen LogP contribution in [0.2, 0.25) is 0 Å². The zero-order valence-corrected chi connectivity index (χ0v) is 12.3. The van der Waals surface area contributed by atoms with Crippen molar-refractivity contribution >= 4 is 17.9 Å². The van der Waals surface area contributed by atoms with Crippen LogP contribution in [0.25, 0.3) is 0 Å². The number of carboxylic acids is 2. The summed E-state index contributed by atoms with van der Waals surface area (Å²) in [4.78, 5) is 31.6. The van der Waals surface area contributed by atoms with Crippen LogP contribution in [0.1, 0.15) is 41.0 Å². The Kier molecular flexibility index (Phi) is 8.17. The molecule has 1 aromatic carbocycles. The molecule has 0 fully saturated rings. The van der Waals surface area contributed by atoms with E-state index in [4.69, 9.17) is 15.3 Å². The number of rotatable bonds is 5. The predicted molar refractivity (Wildman–Crippen MR) is 77.6 cm³/mol. The Morgan fingerprint density at radius 2 is 1.55 bits per heavy atom. The van der Waals surface area contributed by atoms with Crippen LogP contribution in [-0.4, -0.2) is 39.5 Å². The second-order valence-electron chi connectivity index (χ2n) is 4.20. The maximum atomic E-state index is 10.6. The number of hydrogen-bond donors (Lipinski definition) is 3. The molecule has 0 aliphatic rings. The van der Waals surface area contributed by atoms with Crippen LogP contribution in [0.5, 0.6) is 0 Å². The molecule has 1 atom stereocenters. The lowest BCUT2D eigenvalue weighted by molar-refractivity contribution is -0.163. The van der Waals surface area contributed by atoms with E-state index in [1.165, 1.54) is 31.2 Å². The van der Waals surface area contributed by atoms with Crippen LogP contribution >= 0.6 is 0 Å². The SMILES string of the molecule is C=C(C)C(=O)OC(O)CC.O=C(O)c1ccccc1C(=O)O. The predicted octanol–water partition coefficient (Wildman–Crippen LogP) is 1.92. The normalized spacial score (nSPS) is 10.7. The Hall–Kier alpha value is -2.67. The number of hydrogen-bond acceptors (Lipinski definition) is 5. The van der Waals surface area contributed by atoms with Crippen molar-refractivity contribution in [2.24, 2.45) is 0 Å². The van der Waals surface area contributed by atoms with Gasteiger partial charge in [0.25, 0.3) is 0 Å². The van der Waals surface area contributed by atoms with Gasteiger partial charge in [-0.15, -0.1) is 0 Å². The van der Waals surface area contributed by atoms with E-state index in [-0.39, 0.29) is 11.1 Å². The molecule has 1 aromatic rings. The van der Waals surface area contributed by atoms with Crippen molar-refractivity contribution < 1.29 is 34.4 Å². The minimum atomic E-state index is -1.23. The van der Waals surface area contributed by atoms with E-state index < -0.39 is 24.2 Å². The van der Waals surface area contributed by atoms with Gasteiger partial charge in [-0.25, -0.2) is 14.4 Å². The fourth-order valence-corrected chi connectivity index (χ4v) is 1.16. The summed E-state index contributed by atoms with van der Waals surface area (Å²) in [6, 6.07) is 5.48. The summed E-state index contributed by atoms with van der Waals surface area (Å²) in [7, 11) is 0. The van der Waals surface area contributed by atoms with Gasteiger partial charge in [0.05, 0.1) is 11.1 Å². The maximum Gasteiger partial charge on any atom is 0.336 e. The molecule has 0 aliphatic carbocycles. The summed E-state index contributed by atoms with van der Waals surface area (Å²) >= 11 is 0. The molecule has 0 bridgehead atoms. The summed E-state index contributed by atoms with van der Waals surface area (Å²) in [6.07, 6.45) is -0.594. The Labute approximate surface area is 127 Å². The first-order chi connectivity index (χ1) is 10.2. The molecular weight excluding hydrogens is 292 g/mol. The van der Waals surface area contributed by atoms with Crippen LogP contribution in [0, 0.1) is 0 Å². The van der Waals surface area contributed by atoms with Crippen molar-refractivity contribution in [1.82, 2.24) is 0 Å².